The van der Waals surface area contributed by atoms with Gasteiger partial charge in [-0.05, 0) is 12.5 Å². The van der Waals surface area contributed by atoms with E-state index in [1.54, 1.807) is 6.20 Å². The van der Waals surface area contributed by atoms with Crippen LogP contribution in [0.25, 0.3) is 0 Å². The molecule has 0 amide bonds. The molecule has 2 nitrogen and oxygen atoms in total. The van der Waals surface area contributed by atoms with Crippen molar-refractivity contribution in [3.63, 3.8) is 0 Å². The zero-order chi connectivity index (χ0) is 7.72. The topological polar surface area (TPSA) is 38.4 Å². The highest BCUT2D eigenvalue weighted by Gasteiger charge is 2.16. The van der Waals surface area contributed by atoms with Crippen molar-refractivity contribution in [1.82, 2.24) is 0 Å². The maximum absolute atomic E-state index is 5.55. The Morgan fingerprint density at radius 3 is 2.80 bits per heavy atom. The second kappa shape index (κ2) is 2.50. The Balaban J connectivity index is 2.97. The first-order valence-corrected chi connectivity index (χ1v) is 3.58. The summed E-state index contributed by atoms with van der Waals surface area (Å²) in [5, 5.41) is 0. The Morgan fingerprint density at radius 2 is 2.30 bits per heavy atom. The summed E-state index contributed by atoms with van der Waals surface area (Å²) >= 11 is 5.10. The molecule has 1 aliphatic rings. The Morgan fingerprint density at radius 1 is 1.70 bits per heavy atom. The number of rotatable bonds is 0. The predicted octanol–water partition coefficient (Wildman–Crippen LogP) is 1.27. The molecular weight excluding hydrogens is 144 g/mol. The lowest BCUT2D eigenvalue weighted by Gasteiger charge is -2.15. The standard InChI is InChI=1S/C7H10N2S/c1-4-3-9-7(8)5(2)6(4)10/h3,5H,1-2H3,(H2,8,9). The van der Waals surface area contributed by atoms with Gasteiger partial charge in [0.2, 0.25) is 0 Å². The van der Waals surface area contributed by atoms with Gasteiger partial charge < -0.3 is 5.73 Å². The van der Waals surface area contributed by atoms with Gasteiger partial charge in [0.15, 0.2) is 0 Å². The summed E-state index contributed by atoms with van der Waals surface area (Å²) in [6.07, 6.45) is 1.72. The summed E-state index contributed by atoms with van der Waals surface area (Å²) in [6.45, 7) is 3.92. The van der Waals surface area contributed by atoms with Crippen LogP contribution < -0.4 is 5.73 Å². The second-order valence-corrected chi connectivity index (χ2v) is 2.89. The van der Waals surface area contributed by atoms with Crippen molar-refractivity contribution >= 4 is 22.9 Å². The smallest absolute Gasteiger partial charge is 0.107 e. The molecular formula is C7H10N2S. The van der Waals surface area contributed by atoms with Crippen LogP contribution in [0.15, 0.2) is 16.8 Å². The highest BCUT2D eigenvalue weighted by atomic mass is 32.1. The molecule has 0 aromatic carbocycles. The maximum atomic E-state index is 5.55. The highest BCUT2D eigenvalue weighted by molar-refractivity contribution is 7.81. The molecule has 0 aromatic heterocycles. The number of nitrogens with two attached hydrogens (primary N) is 1. The van der Waals surface area contributed by atoms with Gasteiger partial charge in [-0.15, -0.1) is 0 Å². The maximum Gasteiger partial charge on any atom is 0.107 e. The number of hydrogen-bond acceptors (Lipinski definition) is 3. The summed E-state index contributed by atoms with van der Waals surface area (Å²) in [7, 11) is 0. The molecule has 3 heteroatoms. The van der Waals surface area contributed by atoms with Gasteiger partial charge in [-0.3, -0.25) is 0 Å². The van der Waals surface area contributed by atoms with Gasteiger partial charge in [0.1, 0.15) is 5.84 Å². The number of aliphatic imine (C=N–C) groups is 1. The number of amidine groups is 1. The lowest BCUT2D eigenvalue weighted by molar-refractivity contribution is 1.03. The summed E-state index contributed by atoms with van der Waals surface area (Å²) in [6, 6.07) is 0. The quantitative estimate of drug-likeness (QED) is 0.533. The monoisotopic (exact) mass is 154 g/mol. The molecule has 0 saturated carbocycles. The molecule has 1 unspecified atom stereocenters. The third-order valence-electron chi connectivity index (χ3n) is 1.63. The Bertz CT molecular complexity index is 226. The SMILES string of the molecule is CC1=CN=C(N)C(C)C1=S. The molecule has 0 bridgehead atoms. The van der Waals surface area contributed by atoms with Crippen LogP contribution in [0, 0.1) is 5.92 Å². The fraction of sp³-hybridized carbons (Fsp3) is 0.429. The lowest BCUT2D eigenvalue weighted by Crippen LogP contribution is -2.29. The first-order chi connectivity index (χ1) is 4.63. The van der Waals surface area contributed by atoms with Crippen LogP contribution in [-0.2, 0) is 0 Å². The van der Waals surface area contributed by atoms with Crippen LogP contribution in [0.5, 0.6) is 0 Å². The van der Waals surface area contributed by atoms with E-state index in [2.05, 4.69) is 4.99 Å². The van der Waals surface area contributed by atoms with Crippen LogP contribution >= 0.6 is 12.2 Å². The molecule has 0 spiro atoms. The van der Waals surface area contributed by atoms with E-state index in [0.717, 1.165) is 10.4 Å². The first kappa shape index (κ1) is 7.41. The third-order valence-corrected chi connectivity index (χ3v) is 2.31. The van der Waals surface area contributed by atoms with E-state index in [-0.39, 0.29) is 5.92 Å². The zero-order valence-electron chi connectivity index (χ0n) is 6.09. The van der Waals surface area contributed by atoms with Gasteiger partial charge in [0, 0.05) is 17.0 Å². The molecule has 1 aliphatic heterocycles. The van der Waals surface area contributed by atoms with Crippen molar-refractivity contribution in [3.8, 4) is 0 Å². The minimum absolute atomic E-state index is 0.139. The van der Waals surface area contributed by atoms with Crippen LogP contribution in [0.4, 0.5) is 0 Å². The molecule has 54 valence electrons. The van der Waals surface area contributed by atoms with Gasteiger partial charge >= 0.3 is 0 Å². The number of nitrogens with zero attached hydrogens (tertiary/aromatic N) is 1. The summed E-state index contributed by atoms with van der Waals surface area (Å²) < 4.78 is 0. The third kappa shape index (κ3) is 1.09. The summed E-state index contributed by atoms with van der Waals surface area (Å²) in [4.78, 5) is 4.90. The molecule has 0 saturated heterocycles. The van der Waals surface area contributed by atoms with Crippen molar-refractivity contribution < 1.29 is 0 Å². The summed E-state index contributed by atoms with van der Waals surface area (Å²) in [5.41, 5.74) is 6.60. The lowest BCUT2D eigenvalue weighted by atomic mass is 10.00. The van der Waals surface area contributed by atoms with Crippen molar-refractivity contribution in [2.24, 2.45) is 16.6 Å². The van der Waals surface area contributed by atoms with E-state index < -0.39 is 0 Å². The number of hydrogen-bond donors (Lipinski definition) is 1. The van der Waals surface area contributed by atoms with Gasteiger partial charge in [-0.1, -0.05) is 19.1 Å². The van der Waals surface area contributed by atoms with Crippen LogP contribution in [0.2, 0.25) is 0 Å². The molecule has 0 aromatic rings. The molecule has 10 heavy (non-hydrogen) atoms. The Hall–Kier alpha value is -0.700. The summed E-state index contributed by atoms with van der Waals surface area (Å²) in [5.74, 6) is 0.760. The zero-order valence-corrected chi connectivity index (χ0v) is 6.90. The second-order valence-electron chi connectivity index (χ2n) is 2.45. The van der Waals surface area contributed by atoms with E-state index >= 15 is 0 Å². The van der Waals surface area contributed by atoms with E-state index in [9.17, 15) is 0 Å². The predicted molar refractivity (Wildman–Crippen MR) is 47.1 cm³/mol. The molecule has 0 fully saturated rings. The molecule has 1 heterocycles. The van der Waals surface area contributed by atoms with E-state index in [1.807, 2.05) is 13.8 Å². The molecule has 0 aliphatic carbocycles. The molecule has 0 radical (unpaired) electrons. The van der Waals surface area contributed by atoms with Crippen molar-refractivity contribution in [2.75, 3.05) is 0 Å². The Kier molecular flexibility index (Phi) is 1.85. The van der Waals surface area contributed by atoms with Gasteiger partial charge in [-0.2, -0.15) is 0 Å². The molecule has 1 rings (SSSR count). The van der Waals surface area contributed by atoms with Crippen LogP contribution in [-0.4, -0.2) is 10.7 Å². The number of thiocarbonyl (C=S) groups is 1. The van der Waals surface area contributed by atoms with Crippen molar-refractivity contribution in [1.29, 1.82) is 0 Å². The molecule has 1 atom stereocenters. The van der Waals surface area contributed by atoms with Gasteiger partial charge in [0.25, 0.3) is 0 Å². The largest absolute Gasteiger partial charge is 0.387 e. The molecule has 2 N–H and O–H groups in total. The average molecular weight is 154 g/mol. The van der Waals surface area contributed by atoms with Crippen molar-refractivity contribution in [3.05, 3.63) is 11.8 Å². The highest BCUT2D eigenvalue weighted by Crippen LogP contribution is 2.13. The van der Waals surface area contributed by atoms with Crippen molar-refractivity contribution in [2.45, 2.75) is 13.8 Å². The fourth-order valence-electron chi connectivity index (χ4n) is 0.823. The fourth-order valence-corrected chi connectivity index (χ4v) is 0.996. The van der Waals surface area contributed by atoms with E-state index in [1.165, 1.54) is 0 Å². The van der Waals surface area contributed by atoms with Crippen LogP contribution in [0.3, 0.4) is 0 Å². The van der Waals surface area contributed by atoms with E-state index in [0.29, 0.717) is 5.84 Å². The Labute approximate surface area is 65.8 Å². The normalized spacial score (nSPS) is 25.8. The van der Waals surface area contributed by atoms with E-state index in [4.69, 9.17) is 18.0 Å². The first-order valence-electron chi connectivity index (χ1n) is 3.17. The minimum Gasteiger partial charge on any atom is -0.387 e. The van der Waals surface area contributed by atoms with Crippen LogP contribution in [0.1, 0.15) is 13.8 Å². The number of allylic oxidation sites excluding steroid dienone is 1. The average Bonchev–Trinajstić information content (AvgIpc) is 1.93. The minimum atomic E-state index is 0.139. The van der Waals surface area contributed by atoms with Gasteiger partial charge in [-0.25, -0.2) is 4.99 Å². The van der Waals surface area contributed by atoms with Gasteiger partial charge in [0.05, 0.1) is 0 Å².